The van der Waals surface area contributed by atoms with E-state index in [1.54, 1.807) is 0 Å². The van der Waals surface area contributed by atoms with Gasteiger partial charge < -0.3 is 9.88 Å². The van der Waals surface area contributed by atoms with E-state index in [0.717, 1.165) is 11.4 Å². The molecule has 0 amide bonds. The highest BCUT2D eigenvalue weighted by atomic mass is 15.0. The smallest absolute Gasteiger partial charge is 0.0541 e. The molecule has 5 aromatic rings. The molecule has 28 heavy (non-hydrogen) atoms. The van der Waals surface area contributed by atoms with Gasteiger partial charge in [-0.05, 0) is 42.0 Å². The highest BCUT2D eigenvalue weighted by molar-refractivity contribution is 6.09. The van der Waals surface area contributed by atoms with Gasteiger partial charge in [0.25, 0.3) is 0 Å². The Bertz CT molecular complexity index is 1340. The van der Waals surface area contributed by atoms with E-state index in [4.69, 9.17) is 0 Å². The fraction of sp³-hybridized carbons (Fsp3) is 0. The van der Waals surface area contributed by atoms with Crippen LogP contribution in [0.3, 0.4) is 0 Å². The van der Waals surface area contributed by atoms with Crippen molar-refractivity contribution in [1.82, 2.24) is 4.57 Å². The maximum atomic E-state index is 3.58. The largest absolute Gasteiger partial charge is 0.355 e. The Morgan fingerprint density at radius 3 is 1.93 bits per heavy atom. The molecule has 1 N–H and O–H groups in total. The number of rotatable bonds is 1. The summed E-state index contributed by atoms with van der Waals surface area (Å²) in [6, 6.07) is 32.3. The van der Waals surface area contributed by atoms with Gasteiger partial charge in [-0.25, -0.2) is 0 Å². The molecule has 0 bridgehead atoms. The number of fused-ring (bicyclic) bond motifs is 5. The van der Waals surface area contributed by atoms with Crippen LogP contribution < -0.4 is 5.32 Å². The second kappa shape index (κ2) is 5.86. The standard InChI is InChI=1S/C26H18N2/c1-4-10-23-18(7-1)13-14-19-17-20(15-16-24(19)27-23)28-25-11-5-2-8-21(25)22-9-3-6-12-26(22)28/h1-17,27H. The first-order chi connectivity index (χ1) is 13.9. The number of anilines is 2. The maximum absolute atomic E-state index is 3.58. The van der Waals surface area contributed by atoms with Gasteiger partial charge in [0, 0.05) is 33.4 Å². The van der Waals surface area contributed by atoms with Crippen molar-refractivity contribution in [2.75, 3.05) is 5.32 Å². The third-order valence-corrected chi connectivity index (χ3v) is 5.55. The average molecular weight is 358 g/mol. The molecule has 132 valence electrons. The molecule has 0 saturated carbocycles. The van der Waals surface area contributed by atoms with Crippen molar-refractivity contribution in [2.24, 2.45) is 0 Å². The van der Waals surface area contributed by atoms with Crippen LogP contribution in [0.4, 0.5) is 11.4 Å². The Kier molecular flexibility index (Phi) is 3.20. The average Bonchev–Trinajstić information content (AvgIpc) is 2.96. The number of nitrogens with zero attached hydrogens (tertiary/aromatic N) is 1. The van der Waals surface area contributed by atoms with Crippen molar-refractivity contribution < 1.29 is 0 Å². The van der Waals surface area contributed by atoms with Gasteiger partial charge in [-0.3, -0.25) is 0 Å². The number of benzene rings is 4. The summed E-state index contributed by atoms with van der Waals surface area (Å²) in [5.74, 6) is 0. The molecule has 6 rings (SSSR count). The van der Waals surface area contributed by atoms with E-state index in [1.165, 1.54) is 38.6 Å². The maximum Gasteiger partial charge on any atom is 0.0541 e. The first kappa shape index (κ1) is 15.3. The molecule has 1 aliphatic rings. The number of hydrogen-bond acceptors (Lipinski definition) is 1. The van der Waals surface area contributed by atoms with E-state index in [2.05, 4.69) is 113 Å². The Balaban J connectivity index is 1.59. The summed E-state index contributed by atoms with van der Waals surface area (Å²) in [5.41, 5.74) is 8.31. The van der Waals surface area contributed by atoms with E-state index in [0.29, 0.717) is 0 Å². The van der Waals surface area contributed by atoms with Gasteiger partial charge in [-0.1, -0.05) is 66.7 Å². The number of nitrogens with one attached hydrogen (secondary N) is 1. The minimum atomic E-state index is 1.13. The van der Waals surface area contributed by atoms with E-state index in [1.807, 2.05) is 0 Å². The molecule has 4 aromatic carbocycles. The SMILES string of the molecule is C1=Cc2cc(-n3c4ccccc4c4ccccc43)ccc2Nc2ccccc21. The van der Waals surface area contributed by atoms with Crippen LogP contribution in [-0.4, -0.2) is 4.57 Å². The molecule has 0 fully saturated rings. The number of para-hydroxylation sites is 3. The van der Waals surface area contributed by atoms with Gasteiger partial charge in [-0.2, -0.15) is 0 Å². The fourth-order valence-electron chi connectivity index (χ4n) is 4.22. The number of aromatic nitrogens is 1. The molecular formula is C26H18N2. The van der Waals surface area contributed by atoms with Gasteiger partial charge in [0.15, 0.2) is 0 Å². The van der Waals surface area contributed by atoms with Crippen molar-refractivity contribution in [2.45, 2.75) is 0 Å². The molecule has 2 nitrogen and oxygen atoms in total. The van der Waals surface area contributed by atoms with Crippen LogP contribution in [0, 0.1) is 0 Å². The van der Waals surface area contributed by atoms with Gasteiger partial charge in [0.2, 0.25) is 0 Å². The third-order valence-electron chi connectivity index (χ3n) is 5.55. The molecule has 2 heteroatoms. The Labute approximate surface area is 163 Å². The van der Waals surface area contributed by atoms with E-state index >= 15 is 0 Å². The van der Waals surface area contributed by atoms with Crippen molar-refractivity contribution in [3.8, 4) is 5.69 Å². The van der Waals surface area contributed by atoms with Gasteiger partial charge >= 0.3 is 0 Å². The summed E-state index contributed by atoms with van der Waals surface area (Å²) in [6.07, 6.45) is 4.38. The zero-order chi connectivity index (χ0) is 18.5. The summed E-state index contributed by atoms with van der Waals surface area (Å²) < 4.78 is 2.36. The monoisotopic (exact) mass is 358 g/mol. The van der Waals surface area contributed by atoms with Crippen molar-refractivity contribution in [3.63, 3.8) is 0 Å². The lowest BCUT2D eigenvalue weighted by molar-refractivity contribution is 1.18. The van der Waals surface area contributed by atoms with Gasteiger partial charge in [0.1, 0.15) is 0 Å². The van der Waals surface area contributed by atoms with Crippen LogP contribution in [-0.2, 0) is 0 Å². The fourth-order valence-corrected chi connectivity index (χ4v) is 4.22. The molecular weight excluding hydrogens is 340 g/mol. The van der Waals surface area contributed by atoms with Gasteiger partial charge in [-0.15, -0.1) is 0 Å². The summed E-state index contributed by atoms with van der Waals surface area (Å²) >= 11 is 0. The molecule has 0 radical (unpaired) electrons. The second-order valence-electron chi connectivity index (χ2n) is 7.19. The van der Waals surface area contributed by atoms with Crippen LogP contribution in [0.1, 0.15) is 11.1 Å². The number of hydrogen-bond donors (Lipinski definition) is 1. The lowest BCUT2D eigenvalue weighted by Gasteiger charge is -2.13. The molecule has 0 saturated heterocycles. The van der Waals surface area contributed by atoms with Gasteiger partial charge in [0.05, 0.1) is 11.0 Å². The summed E-state index contributed by atoms with van der Waals surface area (Å²) in [7, 11) is 0. The minimum Gasteiger partial charge on any atom is -0.355 e. The Hall–Kier alpha value is -3.78. The lowest BCUT2D eigenvalue weighted by Crippen LogP contribution is -1.97. The van der Waals surface area contributed by atoms with Crippen molar-refractivity contribution in [1.29, 1.82) is 0 Å². The molecule has 1 aliphatic heterocycles. The van der Waals surface area contributed by atoms with E-state index in [-0.39, 0.29) is 0 Å². The van der Waals surface area contributed by atoms with Crippen LogP contribution in [0.2, 0.25) is 0 Å². The van der Waals surface area contributed by atoms with E-state index < -0.39 is 0 Å². The molecule has 1 aromatic heterocycles. The highest BCUT2D eigenvalue weighted by Crippen LogP contribution is 2.35. The predicted octanol–water partition coefficient (Wildman–Crippen LogP) is 7.01. The minimum absolute atomic E-state index is 1.13. The summed E-state index contributed by atoms with van der Waals surface area (Å²) in [4.78, 5) is 0. The van der Waals surface area contributed by atoms with Crippen LogP contribution in [0.15, 0.2) is 91.0 Å². The summed E-state index contributed by atoms with van der Waals surface area (Å²) in [5, 5.41) is 6.15. The molecule has 0 spiro atoms. The first-order valence-corrected chi connectivity index (χ1v) is 9.55. The quantitative estimate of drug-likeness (QED) is 0.334. The normalized spacial score (nSPS) is 12.4. The van der Waals surface area contributed by atoms with Crippen LogP contribution in [0.5, 0.6) is 0 Å². The Morgan fingerprint density at radius 2 is 1.14 bits per heavy atom. The van der Waals surface area contributed by atoms with E-state index in [9.17, 15) is 0 Å². The second-order valence-corrected chi connectivity index (χ2v) is 7.19. The first-order valence-electron chi connectivity index (χ1n) is 9.55. The predicted molar refractivity (Wildman–Crippen MR) is 119 cm³/mol. The zero-order valence-electron chi connectivity index (χ0n) is 15.3. The highest BCUT2D eigenvalue weighted by Gasteiger charge is 2.13. The lowest BCUT2D eigenvalue weighted by atomic mass is 10.1. The molecule has 0 atom stereocenters. The van der Waals surface area contributed by atoms with Crippen molar-refractivity contribution in [3.05, 3.63) is 102 Å². The Morgan fingerprint density at radius 1 is 0.536 bits per heavy atom. The zero-order valence-corrected chi connectivity index (χ0v) is 15.3. The topological polar surface area (TPSA) is 17.0 Å². The van der Waals surface area contributed by atoms with Crippen LogP contribution >= 0.6 is 0 Å². The third kappa shape index (κ3) is 2.21. The summed E-state index contributed by atoms with van der Waals surface area (Å²) in [6.45, 7) is 0. The van der Waals surface area contributed by atoms with Crippen molar-refractivity contribution >= 4 is 45.3 Å². The van der Waals surface area contributed by atoms with Crippen LogP contribution in [0.25, 0.3) is 39.6 Å². The molecule has 0 unspecified atom stereocenters. The molecule has 0 aliphatic carbocycles. The molecule has 2 heterocycles.